The molecule has 0 saturated heterocycles. The largest absolute Gasteiger partial charge is 0.368 e. The van der Waals surface area contributed by atoms with Gasteiger partial charge in [-0.05, 0) is 19.5 Å². The quantitative estimate of drug-likeness (QED) is 0.657. The van der Waals surface area contributed by atoms with Gasteiger partial charge in [-0.25, -0.2) is 5.10 Å². The average molecular weight is 212 g/mol. The molecule has 0 amide bonds. The van der Waals surface area contributed by atoms with Gasteiger partial charge >= 0.3 is 0 Å². The molecule has 86 valence electrons. The van der Waals surface area contributed by atoms with E-state index in [0.29, 0.717) is 11.9 Å². The van der Waals surface area contributed by atoms with E-state index in [1.165, 1.54) is 0 Å². The molecule has 1 rings (SSSR count). The second-order valence-corrected chi connectivity index (χ2v) is 4.80. The molecule has 1 aromatic heterocycles. The average Bonchev–Trinajstić information content (AvgIpc) is 2.46. The normalized spacial score (nSPS) is 12.1. The number of aromatic amines is 1. The summed E-state index contributed by atoms with van der Waals surface area (Å²) in [5.74, 6) is 0.891. The zero-order chi connectivity index (χ0) is 11.5. The Hall–Kier alpha value is -1.30. The highest BCUT2D eigenvalue weighted by atomic mass is 15.3. The van der Waals surface area contributed by atoms with E-state index in [1.807, 2.05) is 0 Å². The first-order chi connectivity index (χ1) is 6.89. The minimum absolute atomic E-state index is 0.166. The third-order valence-electron chi connectivity index (χ3n) is 1.97. The lowest BCUT2D eigenvalue weighted by Gasteiger charge is -2.28. The van der Waals surface area contributed by atoms with Gasteiger partial charge in [0, 0.05) is 13.1 Å². The number of hydrogen-bond donors (Lipinski definition) is 3. The van der Waals surface area contributed by atoms with Crippen LogP contribution in [0, 0.1) is 5.41 Å². The first-order valence-electron chi connectivity index (χ1n) is 4.95. The summed E-state index contributed by atoms with van der Waals surface area (Å²) in [5, 5.41) is 9.65. The molecule has 0 aliphatic rings. The molecule has 0 radical (unpaired) electrons. The van der Waals surface area contributed by atoms with Crippen molar-refractivity contribution in [2.24, 2.45) is 5.41 Å². The van der Waals surface area contributed by atoms with E-state index in [2.05, 4.69) is 53.3 Å². The zero-order valence-corrected chi connectivity index (χ0v) is 9.83. The van der Waals surface area contributed by atoms with E-state index < -0.39 is 0 Å². The van der Waals surface area contributed by atoms with Crippen molar-refractivity contribution >= 4 is 11.9 Å². The van der Waals surface area contributed by atoms with E-state index in [4.69, 9.17) is 5.73 Å². The number of nitrogens with zero attached hydrogens (tertiary/aromatic N) is 3. The van der Waals surface area contributed by atoms with Crippen LogP contribution in [0.25, 0.3) is 0 Å². The van der Waals surface area contributed by atoms with Gasteiger partial charge in [0.2, 0.25) is 11.9 Å². The van der Waals surface area contributed by atoms with Crippen LogP contribution in [0.3, 0.4) is 0 Å². The summed E-state index contributed by atoms with van der Waals surface area (Å²) in [5.41, 5.74) is 5.59. The van der Waals surface area contributed by atoms with Gasteiger partial charge in [0.1, 0.15) is 0 Å². The van der Waals surface area contributed by atoms with Crippen LogP contribution in [0.5, 0.6) is 0 Å². The number of hydrogen-bond acceptors (Lipinski definition) is 5. The first-order valence-corrected chi connectivity index (χ1v) is 4.95. The van der Waals surface area contributed by atoms with Crippen LogP contribution in [0.15, 0.2) is 0 Å². The summed E-state index contributed by atoms with van der Waals surface area (Å²) in [6.07, 6.45) is 0. The number of nitrogens with one attached hydrogen (secondary N) is 2. The molecule has 0 atom stereocenters. The van der Waals surface area contributed by atoms with Crippen molar-refractivity contribution in [2.45, 2.75) is 13.8 Å². The molecule has 0 aliphatic carbocycles. The zero-order valence-electron chi connectivity index (χ0n) is 9.83. The fraction of sp³-hybridized carbons (Fsp3) is 0.778. The van der Waals surface area contributed by atoms with Gasteiger partial charge in [-0.1, -0.05) is 13.8 Å². The van der Waals surface area contributed by atoms with Crippen molar-refractivity contribution in [3.8, 4) is 0 Å². The Labute approximate surface area is 90.3 Å². The van der Waals surface area contributed by atoms with E-state index in [1.54, 1.807) is 0 Å². The highest BCUT2D eigenvalue weighted by Crippen LogP contribution is 2.16. The summed E-state index contributed by atoms with van der Waals surface area (Å²) in [6.45, 7) is 6.19. The van der Waals surface area contributed by atoms with Crippen molar-refractivity contribution in [3.63, 3.8) is 0 Å². The van der Waals surface area contributed by atoms with E-state index >= 15 is 0 Å². The summed E-state index contributed by atoms with van der Waals surface area (Å²) >= 11 is 0. The van der Waals surface area contributed by atoms with Crippen LogP contribution < -0.4 is 11.1 Å². The maximum atomic E-state index is 5.42. The van der Waals surface area contributed by atoms with Crippen LogP contribution in [0.4, 0.5) is 11.9 Å². The molecule has 0 fully saturated rings. The fourth-order valence-electron chi connectivity index (χ4n) is 1.58. The van der Waals surface area contributed by atoms with Crippen molar-refractivity contribution in [1.29, 1.82) is 0 Å². The maximum absolute atomic E-state index is 5.42. The molecule has 6 heteroatoms. The van der Waals surface area contributed by atoms with Crippen molar-refractivity contribution in [1.82, 2.24) is 20.1 Å². The molecule has 0 bridgehead atoms. The molecule has 4 N–H and O–H groups in total. The highest BCUT2D eigenvalue weighted by Gasteiger charge is 2.19. The molecule has 0 aliphatic heterocycles. The Morgan fingerprint density at radius 2 is 2.13 bits per heavy atom. The number of anilines is 2. The number of aromatic nitrogens is 3. The van der Waals surface area contributed by atoms with Gasteiger partial charge in [0.25, 0.3) is 0 Å². The van der Waals surface area contributed by atoms with Crippen LogP contribution in [-0.2, 0) is 0 Å². The van der Waals surface area contributed by atoms with E-state index in [-0.39, 0.29) is 5.41 Å². The smallest absolute Gasteiger partial charge is 0.243 e. The summed E-state index contributed by atoms with van der Waals surface area (Å²) in [4.78, 5) is 6.14. The SMILES string of the molecule is CN(C)CC(C)(C)CNc1n[nH]c(N)n1. The highest BCUT2D eigenvalue weighted by molar-refractivity contribution is 5.29. The lowest BCUT2D eigenvalue weighted by atomic mass is 9.93. The topological polar surface area (TPSA) is 82.9 Å². The van der Waals surface area contributed by atoms with Gasteiger partial charge in [0.15, 0.2) is 0 Å². The Morgan fingerprint density at radius 3 is 2.60 bits per heavy atom. The third-order valence-corrected chi connectivity index (χ3v) is 1.97. The first kappa shape index (κ1) is 11.8. The second-order valence-electron chi connectivity index (χ2n) is 4.80. The Morgan fingerprint density at radius 1 is 1.47 bits per heavy atom. The van der Waals surface area contributed by atoms with Gasteiger partial charge < -0.3 is 16.0 Å². The number of rotatable bonds is 5. The van der Waals surface area contributed by atoms with Crippen LogP contribution in [-0.4, -0.2) is 47.3 Å². The monoisotopic (exact) mass is 212 g/mol. The molecule has 0 aromatic carbocycles. The van der Waals surface area contributed by atoms with Crippen LogP contribution in [0.2, 0.25) is 0 Å². The molecule has 0 saturated carbocycles. The standard InChI is InChI=1S/C9H20N6/c1-9(2,6-15(3)4)5-11-8-12-7(10)13-14-8/h5-6H2,1-4H3,(H4,10,11,12,13,14). The van der Waals surface area contributed by atoms with Gasteiger partial charge in [-0.3, -0.25) is 0 Å². The molecular weight excluding hydrogens is 192 g/mol. The third kappa shape index (κ3) is 4.16. The Kier molecular flexibility index (Phi) is 3.52. The second kappa shape index (κ2) is 4.48. The summed E-state index contributed by atoms with van der Waals surface area (Å²) in [7, 11) is 4.12. The fourth-order valence-corrected chi connectivity index (χ4v) is 1.58. The van der Waals surface area contributed by atoms with Crippen LogP contribution >= 0.6 is 0 Å². The Balaban J connectivity index is 2.42. The number of nitrogens with two attached hydrogens (primary N) is 1. The molecule has 6 nitrogen and oxygen atoms in total. The number of H-pyrrole nitrogens is 1. The maximum Gasteiger partial charge on any atom is 0.243 e. The summed E-state index contributed by atoms with van der Waals surface area (Å²) < 4.78 is 0. The van der Waals surface area contributed by atoms with Gasteiger partial charge in [-0.2, -0.15) is 4.98 Å². The molecular formula is C9H20N6. The van der Waals surface area contributed by atoms with E-state index in [0.717, 1.165) is 13.1 Å². The lowest BCUT2D eigenvalue weighted by Crippen LogP contribution is -2.34. The lowest BCUT2D eigenvalue weighted by molar-refractivity contribution is 0.254. The van der Waals surface area contributed by atoms with Gasteiger partial charge in [0.05, 0.1) is 0 Å². The van der Waals surface area contributed by atoms with Crippen molar-refractivity contribution in [2.75, 3.05) is 38.2 Å². The van der Waals surface area contributed by atoms with Crippen molar-refractivity contribution in [3.05, 3.63) is 0 Å². The predicted octanol–water partition coefficient (Wildman–Crippen LogP) is 0.387. The molecule has 15 heavy (non-hydrogen) atoms. The summed E-state index contributed by atoms with van der Waals surface area (Å²) in [6, 6.07) is 0. The minimum Gasteiger partial charge on any atom is -0.368 e. The Bertz CT molecular complexity index is 303. The van der Waals surface area contributed by atoms with Gasteiger partial charge in [-0.15, -0.1) is 5.10 Å². The van der Waals surface area contributed by atoms with Crippen molar-refractivity contribution < 1.29 is 0 Å². The molecule has 1 heterocycles. The molecule has 0 unspecified atom stereocenters. The predicted molar refractivity (Wildman–Crippen MR) is 61.6 cm³/mol. The molecule has 1 aromatic rings. The van der Waals surface area contributed by atoms with Crippen LogP contribution in [0.1, 0.15) is 13.8 Å². The van der Waals surface area contributed by atoms with E-state index in [9.17, 15) is 0 Å². The molecule has 0 spiro atoms. The number of nitrogen functional groups attached to an aromatic ring is 1. The minimum atomic E-state index is 0.166.